The lowest BCUT2D eigenvalue weighted by Crippen LogP contribution is -2.26. The van der Waals surface area contributed by atoms with Crippen molar-refractivity contribution in [2.75, 3.05) is 6.79 Å². The highest BCUT2D eigenvalue weighted by molar-refractivity contribution is 5.91. The van der Waals surface area contributed by atoms with E-state index in [1.807, 2.05) is 25.1 Å². The first kappa shape index (κ1) is 17.0. The monoisotopic (exact) mass is 366 g/mol. The Hall–Kier alpha value is -3.48. The molecule has 0 saturated carbocycles. The second-order valence-electron chi connectivity index (χ2n) is 6.24. The summed E-state index contributed by atoms with van der Waals surface area (Å²) in [6.45, 7) is 2.35. The van der Waals surface area contributed by atoms with Crippen LogP contribution in [0.3, 0.4) is 0 Å². The van der Waals surface area contributed by atoms with Gasteiger partial charge in [-0.3, -0.25) is 9.59 Å². The highest BCUT2D eigenvalue weighted by atomic mass is 16.7. The van der Waals surface area contributed by atoms with Crippen molar-refractivity contribution in [3.63, 3.8) is 0 Å². The van der Waals surface area contributed by atoms with Crippen molar-refractivity contribution in [3.05, 3.63) is 82.2 Å². The molecular weight excluding hydrogens is 348 g/mol. The van der Waals surface area contributed by atoms with Crippen LogP contribution in [0.2, 0.25) is 0 Å². The number of rotatable bonds is 5. The van der Waals surface area contributed by atoms with E-state index in [1.54, 1.807) is 30.5 Å². The number of benzene rings is 1. The summed E-state index contributed by atoms with van der Waals surface area (Å²) in [6, 6.07) is 13.5. The molecule has 27 heavy (non-hydrogen) atoms. The largest absolute Gasteiger partial charge is 0.454 e. The zero-order chi connectivity index (χ0) is 18.8. The normalized spacial score (nSPS) is 13.4. The molecule has 1 unspecified atom stereocenters. The number of hydrogen-bond donors (Lipinski definition) is 1. The lowest BCUT2D eigenvalue weighted by Gasteiger charge is -2.14. The Kier molecular flexibility index (Phi) is 4.42. The summed E-state index contributed by atoms with van der Waals surface area (Å²) >= 11 is 0. The zero-order valence-electron chi connectivity index (χ0n) is 14.7. The fourth-order valence-electron chi connectivity index (χ4n) is 2.88. The van der Waals surface area contributed by atoms with Crippen LogP contribution in [0.15, 0.2) is 63.9 Å². The maximum absolute atomic E-state index is 12.5. The van der Waals surface area contributed by atoms with Crippen molar-refractivity contribution >= 4 is 5.91 Å². The number of fused-ring (bicyclic) bond motifs is 1. The number of carbonyl (C=O) groups is 1. The smallest absolute Gasteiger partial charge is 0.287 e. The Bertz CT molecular complexity index is 1040. The highest BCUT2D eigenvalue weighted by Crippen LogP contribution is 2.34. The van der Waals surface area contributed by atoms with Crippen LogP contribution >= 0.6 is 0 Å². The Morgan fingerprint density at radius 1 is 1.15 bits per heavy atom. The zero-order valence-corrected chi connectivity index (χ0v) is 14.7. The summed E-state index contributed by atoms with van der Waals surface area (Å²) in [7, 11) is 0. The summed E-state index contributed by atoms with van der Waals surface area (Å²) < 4.78 is 17.8. The van der Waals surface area contributed by atoms with Crippen molar-refractivity contribution in [1.29, 1.82) is 0 Å². The number of carbonyl (C=O) groups excluding carboxylic acids is 1. The molecule has 7 heteroatoms. The Morgan fingerprint density at radius 3 is 2.85 bits per heavy atom. The van der Waals surface area contributed by atoms with Gasteiger partial charge in [0.25, 0.3) is 11.5 Å². The molecule has 1 aromatic carbocycles. The van der Waals surface area contributed by atoms with Gasteiger partial charge in [-0.05, 0) is 42.8 Å². The molecule has 1 N–H and O–H groups in total. The predicted molar refractivity (Wildman–Crippen MR) is 97.0 cm³/mol. The second kappa shape index (κ2) is 7.03. The van der Waals surface area contributed by atoms with Crippen LogP contribution < -0.4 is 20.3 Å². The van der Waals surface area contributed by atoms with Gasteiger partial charge in [0, 0.05) is 12.3 Å². The number of amides is 1. The molecule has 138 valence electrons. The molecule has 1 aliphatic rings. The summed E-state index contributed by atoms with van der Waals surface area (Å²) in [5, 5.41) is 2.89. The van der Waals surface area contributed by atoms with Crippen molar-refractivity contribution in [3.8, 4) is 11.5 Å². The molecular formula is C20H18N2O5. The van der Waals surface area contributed by atoms with E-state index in [0.717, 1.165) is 5.56 Å². The molecule has 1 amide bonds. The highest BCUT2D eigenvalue weighted by Gasteiger charge is 2.19. The third-order valence-electron chi connectivity index (χ3n) is 4.35. The maximum Gasteiger partial charge on any atom is 0.287 e. The minimum Gasteiger partial charge on any atom is -0.454 e. The molecule has 7 nitrogen and oxygen atoms in total. The van der Waals surface area contributed by atoms with Gasteiger partial charge in [-0.2, -0.15) is 0 Å². The number of nitrogens with zero attached hydrogens (tertiary/aromatic N) is 1. The van der Waals surface area contributed by atoms with Crippen LogP contribution in [0.4, 0.5) is 0 Å². The quantitative estimate of drug-likeness (QED) is 0.751. The van der Waals surface area contributed by atoms with Gasteiger partial charge in [0.1, 0.15) is 5.76 Å². The first-order chi connectivity index (χ1) is 13.1. The van der Waals surface area contributed by atoms with E-state index >= 15 is 0 Å². The van der Waals surface area contributed by atoms with E-state index in [2.05, 4.69) is 5.32 Å². The van der Waals surface area contributed by atoms with E-state index in [1.165, 1.54) is 10.6 Å². The van der Waals surface area contributed by atoms with Gasteiger partial charge >= 0.3 is 0 Å². The molecule has 0 spiro atoms. The van der Waals surface area contributed by atoms with E-state index in [4.69, 9.17) is 13.9 Å². The number of nitrogens with one attached hydrogen (secondary N) is 1. The van der Waals surface area contributed by atoms with Gasteiger partial charge in [0.15, 0.2) is 17.3 Å². The molecule has 1 atom stereocenters. The van der Waals surface area contributed by atoms with Crippen molar-refractivity contribution in [1.82, 2.24) is 9.88 Å². The van der Waals surface area contributed by atoms with Crippen molar-refractivity contribution in [2.24, 2.45) is 0 Å². The van der Waals surface area contributed by atoms with Crippen LogP contribution in [-0.4, -0.2) is 17.3 Å². The van der Waals surface area contributed by atoms with E-state index in [-0.39, 0.29) is 36.6 Å². The molecule has 3 aromatic rings. The first-order valence-corrected chi connectivity index (χ1v) is 8.55. The summed E-state index contributed by atoms with van der Waals surface area (Å²) in [5.41, 5.74) is 0.770. The summed E-state index contributed by atoms with van der Waals surface area (Å²) in [6.07, 6.45) is 1.67. The number of pyridine rings is 1. The Balaban J connectivity index is 1.43. The van der Waals surface area contributed by atoms with Crippen molar-refractivity contribution < 1.29 is 18.7 Å². The van der Waals surface area contributed by atoms with E-state index in [9.17, 15) is 9.59 Å². The fraction of sp³-hybridized carbons (Fsp3) is 0.200. The van der Waals surface area contributed by atoms with Crippen LogP contribution in [0.1, 0.15) is 34.8 Å². The van der Waals surface area contributed by atoms with Gasteiger partial charge in [0.05, 0.1) is 12.6 Å². The third-order valence-corrected chi connectivity index (χ3v) is 4.35. The standard InChI is InChI=1S/C20H18N2O5/c1-13(14-5-7-16-18(10-14)26-12-25-16)21-20(24)17-8-6-15(27-17)11-22-9-3-2-4-19(22)23/h2-10,13H,11-12H2,1H3,(H,21,24). The number of hydrogen-bond acceptors (Lipinski definition) is 5. The third kappa shape index (κ3) is 3.57. The minimum atomic E-state index is -0.327. The molecule has 0 radical (unpaired) electrons. The van der Waals surface area contributed by atoms with E-state index < -0.39 is 0 Å². The maximum atomic E-state index is 12.5. The van der Waals surface area contributed by atoms with Gasteiger partial charge in [-0.15, -0.1) is 0 Å². The number of furan rings is 1. The molecule has 0 aliphatic carbocycles. The molecule has 1 aliphatic heterocycles. The topological polar surface area (TPSA) is 82.7 Å². The van der Waals surface area contributed by atoms with Crippen LogP contribution in [0.25, 0.3) is 0 Å². The second-order valence-corrected chi connectivity index (χ2v) is 6.24. The fourth-order valence-corrected chi connectivity index (χ4v) is 2.88. The lowest BCUT2D eigenvalue weighted by molar-refractivity contribution is 0.0909. The van der Waals surface area contributed by atoms with Gasteiger partial charge in [-0.25, -0.2) is 0 Å². The lowest BCUT2D eigenvalue weighted by atomic mass is 10.1. The Labute approximate surface area is 155 Å². The van der Waals surface area contributed by atoms with Crippen LogP contribution in [0.5, 0.6) is 11.5 Å². The minimum absolute atomic E-state index is 0.128. The molecule has 0 bridgehead atoms. The summed E-state index contributed by atoms with van der Waals surface area (Å²) in [5.74, 6) is 1.77. The van der Waals surface area contributed by atoms with Crippen LogP contribution in [0, 0.1) is 0 Å². The predicted octanol–water partition coefficient (Wildman–Crippen LogP) is 2.71. The van der Waals surface area contributed by atoms with Crippen LogP contribution in [-0.2, 0) is 6.54 Å². The average molecular weight is 366 g/mol. The van der Waals surface area contributed by atoms with Crippen molar-refractivity contribution in [2.45, 2.75) is 19.5 Å². The SMILES string of the molecule is CC(NC(=O)c1ccc(Cn2ccccc2=O)o1)c1ccc2c(c1)OCO2. The van der Waals surface area contributed by atoms with Gasteiger partial charge in [0.2, 0.25) is 6.79 Å². The molecule has 0 fully saturated rings. The van der Waals surface area contributed by atoms with Gasteiger partial charge < -0.3 is 23.8 Å². The van der Waals surface area contributed by atoms with Gasteiger partial charge in [-0.1, -0.05) is 12.1 Å². The first-order valence-electron chi connectivity index (χ1n) is 8.55. The average Bonchev–Trinajstić information content (AvgIpc) is 3.32. The number of aromatic nitrogens is 1. The molecule has 4 rings (SSSR count). The molecule has 3 heterocycles. The Morgan fingerprint density at radius 2 is 2.00 bits per heavy atom. The molecule has 0 saturated heterocycles. The summed E-state index contributed by atoms with van der Waals surface area (Å²) in [4.78, 5) is 24.2. The molecule has 2 aromatic heterocycles. The van der Waals surface area contributed by atoms with E-state index in [0.29, 0.717) is 17.3 Å². The number of ether oxygens (including phenoxy) is 2.